The molecule has 0 aromatic heterocycles. The minimum Gasteiger partial charge on any atom is -0.508 e. The third kappa shape index (κ3) is 3.47. The van der Waals surface area contributed by atoms with Crippen molar-refractivity contribution in [3.05, 3.63) is 66.7 Å². The van der Waals surface area contributed by atoms with Gasteiger partial charge in [0, 0.05) is 0 Å². The van der Waals surface area contributed by atoms with Crippen molar-refractivity contribution < 1.29 is 9.90 Å². The highest BCUT2D eigenvalue weighted by Gasteiger charge is 2.34. The van der Waals surface area contributed by atoms with Gasteiger partial charge in [0.2, 0.25) is 0 Å². The molecule has 1 heterocycles. The fraction of sp³-hybridized carbons (Fsp3) is 0.158. The van der Waals surface area contributed by atoms with Crippen molar-refractivity contribution in [2.75, 3.05) is 5.01 Å². The second kappa shape index (κ2) is 7.09. The number of hydrogen-bond acceptors (Lipinski definition) is 5. The Kier molecular flexibility index (Phi) is 4.70. The number of hydrogen-bond donors (Lipinski definition) is 1. The molecule has 1 amide bonds. The lowest BCUT2D eigenvalue weighted by atomic mass is 10.1. The maximum Gasteiger partial charge on any atom is 0.280 e. The van der Waals surface area contributed by atoms with E-state index in [9.17, 15) is 9.90 Å². The molecular formula is C19H18N4O2. The fourth-order valence-electron chi connectivity index (χ4n) is 2.52. The minimum absolute atomic E-state index is 0.184. The van der Waals surface area contributed by atoms with E-state index >= 15 is 0 Å². The number of aromatic hydroxyl groups is 1. The van der Waals surface area contributed by atoms with Crippen LogP contribution in [0, 0.1) is 0 Å². The van der Waals surface area contributed by atoms with Crippen LogP contribution >= 0.6 is 0 Å². The number of rotatable bonds is 5. The van der Waals surface area contributed by atoms with Crippen LogP contribution in [0.2, 0.25) is 0 Å². The Balaban J connectivity index is 1.80. The summed E-state index contributed by atoms with van der Waals surface area (Å²) in [6.45, 7) is 5.42. The Morgan fingerprint density at radius 2 is 2.04 bits per heavy atom. The van der Waals surface area contributed by atoms with E-state index in [4.69, 9.17) is 0 Å². The summed E-state index contributed by atoms with van der Waals surface area (Å²) < 4.78 is 0. The third-order valence-corrected chi connectivity index (χ3v) is 3.81. The minimum atomic E-state index is -0.739. The van der Waals surface area contributed by atoms with Gasteiger partial charge in [0.05, 0.1) is 17.1 Å². The van der Waals surface area contributed by atoms with Gasteiger partial charge in [0.1, 0.15) is 5.75 Å². The number of nitrogens with zero attached hydrogens (tertiary/aromatic N) is 4. The summed E-state index contributed by atoms with van der Waals surface area (Å²) in [5.74, 6) is -0.0543. The van der Waals surface area contributed by atoms with E-state index in [0.29, 0.717) is 29.1 Å². The van der Waals surface area contributed by atoms with Crippen LogP contribution in [0.1, 0.15) is 12.5 Å². The number of azo groups is 1. The first kappa shape index (κ1) is 16.6. The average molecular weight is 334 g/mol. The zero-order chi connectivity index (χ0) is 17.8. The summed E-state index contributed by atoms with van der Waals surface area (Å²) >= 11 is 0. The van der Waals surface area contributed by atoms with Crippen LogP contribution in [-0.4, -0.2) is 22.8 Å². The first-order valence-corrected chi connectivity index (χ1v) is 7.88. The van der Waals surface area contributed by atoms with Crippen LogP contribution in [0.15, 0.2) is 76.5 Å². The number of phenolic OH excluding ortho intramolecular Hbond substituents is 1. The maximum absolute atomic E-state index is 12.6. The SMILES string of the molecule is C=CCc1cc(N=NC2C(=O)N(c3ccccc3)N=C2C)ccc1O. The van der Waals surface area contributed by atoms with Crippen LogP contribution in [0.4, 0.5) is 11.4 Å². The molecule has 6 nitrogen and oxygen atoms in total. The molecule has 0 fully saturated rings. The van der Waals surface area contributed by atoms with Crippen molar-refractivity contribution in [2.24, 2.45) is 15.3 Å². The topological polar surface area (TPSA) is 77.6 Å². The van der Waals surface area contributed by atoms with Crippen molar-refractivity contribution in [2.45, 2.75) is 19.4 Å². The predicted molar refractivity (Wildman–Crippen MR) is 97.3 cm³/mol. The van der Waals surface area contributed by atoms with Crippen LogP contribution in [-0.2, 0) is 11.2 Å². The summed E-state index contributed by atoms with van der Waals surface area (Å²) in [6.07, 6.45) is 2.23. The van der Waals surface area contributed by atoms with Gasteiger partial charge in [-0.2, -0.15) is 20.3 Å². The Morgan fingerprint density at radius 3 is 2.76 bits per heavy atom. The molecule has 3 rings (SSSR count). The van der Waals surface area contributed by atoms with Gasteiger partial charge in [-0.3, -0.25) is 4.79 Å². The molecule has 1 N–H and O–H groups in total. The predicted octanol–water partition coefficient (Wildman–Crippen LogP) is 4.00. The van der Waals surface area contributed by atoms with E-state index in [1.165, 1.54) is 5.01 Å². The van der Waals surface area contributed by atoms with Gasteiger partial charge in [0.15, 0.2) is 6.04 Å². The summed E-state index contributed by atoms with van der Waals surface area (Å²) in [5, 5.41) is 23.7. The lowest BCUT2D eigenvalue weighted by Gasteiger charge is -2.11. The van der Waals surface area contributed by atoms with Gasteiger partial charge in [-0.05, 0) is 49.2 Å². The van der Waals surface area contributed by atoms with Gasteiger partial charge < -0.3 is 5.11 Å². The van der Waals surface area contributed by atoms with Crippen LogP contribution < -0.4 is 5.01 Å². The van der Waals surface area contributed by atoms with Crippen molar-refractivity contribution in [1.29, 1.82) is 0 Å². The summed E-state index contributed by atoms with van der Waals surface area (Å²) in [5.41, 5.74) is 2.55. The zero-order valence-electron chi connectivity index (χ0n) is 13.8. The van der Waals surface area contributed by atoms with E-state index in [2.05, 4.69) is 21.9 Å². The molecule has 0 aliphatic carbocycles. The molecule has 2 aromatic rings. The summed E-state index contributed by atoms with van der Waals surface area (Å²) in [4.78, 5) is 12.6. The van der Waals surface area contributed by atoms with Gasteiger partial charge >= 0.3 is 0 Å². The summed E-state index contributed by atoms with van der Waals surface area (Å²) in [7, 11) is 0. The van der Waals surface area contributed by atoms with Crippen molar-refractivity contribution in [3.8, 4) is 5.75 Å². The van der Waals surface area contributed by atoms with Gasteiger partial charge in [-0.1, -0.05) is 24.3 Å². The van der Waals surface area contributed by atoms with E-state index in [1.54, 1.807) is 31.2 Å². The quantitative estimate of drug-likeness (QED) is 0.663. The van der Waals surface area contributed by atoms with E-state index in [1.807, 2.05) is 30.3 Å². The lowest BCUT2D eigenvalue weighted by molar-refractivity contribution is -0.117. The number of carbonyl (C=O) groups is 1. The Morgan fingerprint density at radius 1 is 1.28 bits per heavy atom. The molecule has 0 radical (unpaired) electrons. The van der Waals surface area contributed by atoms with E-state index < -0.39 is 6.04 Å². The molecule has 2 aromatic carbocycles. The largest absolute Gasteiger partial charge is 0.508 e. The van der Waals surface area contributed by atoms with Crippen molar-refractivity contribution >= 4 is 23.0 Å². The molecule has 6 heteroatoms. The number of carbonyl (C=O) groups excluding carboxylic acids is 1. The molecule has 25 heavy (non-hydrogen) atoms. The maximum atomic E-state index is 12.6. The normalized spacial score (nSPS) is 17.2. The first-order valence-electron chi connectivity index (χ1n) is 7.88. The molecule has 1 unspecified atom stereocenters. The second-order valence-corrected chi connectivity index (χ2v) is 5.65. The molecule has 1 aliphatic rings. The molecule has 1 aliphatic heterocycles. The van der Waals surface area contributed by atoms with Crippen LogP contribution in [0.5, 0.6) is 5.75 Å². The molecular weight excluding hydrogens is 316 g/mol. The van der Waals surface area contributed by atoms with Crippen LogP contribution in [0.25, 0.3) is 0 Å². The summed E-state index contributed by atoms with van der Waals surface area (Å²) in [6, 6.07) is 13.4. The van der Waals surface area contributed by atoms with Crippen LogP contribution in [0.3, 0.4) is 0 Å². The van der Waals surface area contributed by atoms with E-state index in [0.717, 1.165) is 0 Å². The lowest BCUT2D eigenvalue weighted by Crippen LogP contribution is -2.29. The molecule has 0 saturated carbocycles. The standard InChI is InChI=1S/C19H18N4O2/c1-3-7-14-12-15(10-11-17(14)24)20-21-18-13(2)22-23(19(18)25)16-8-5-4-6-9-16/h3-6,8-12,18,24H,1,7H2,2H3. The number of benzene rings is 2. The number of amides is 1. The smallest absolute Gasteiger partial charge is 0.280 e. The number of hydrazone groups is 1. The van der Waals surface area contributed by atoms with E-state index in [-0.39, 0.29) is 11.7 Å². The first-order chi connectivity index (χ1) is 12.1. The Bertz CT molecular complexity index is 859. The second-order valence-electron chi connectivity index (χ2n) is 5.65. The zero-order valence-corrected chi connectivity index (χ0v) is 13.8. The molecule has 126 valence electrons. The fourth-order valence-corrected chi connectivity index (χ4v) is 2.52. The number of allylic oxidation sites excluding steroid dienone is 1. The average Bonchev–Trinajstić information content (AvgIpc) is 2.91. The monoisotopic (exact) mass is 334 g/mol. The number of phenols is 1. The number of anilines is 1. The highest BCUT2D eigenvalue weighted by atomic mass is 16.3. The molecule has 0 spiro atoms. The Hall–Kier alpha value is -3.28. The van der Waals surface area contributed by atoms with Gasteiger partial charge in [0.25, 0.3) is 5.91 Å². The number of para-hydroxylation sites is 1. The van der Waals surface area contributed by atoms with Gasteiger partial charge in [-0.25, -0.2) is 0 Å². The highest BCUT2D eigenvalue weighted by molar-refractivity contribution is 6.18. The highest BCUT2D eigenvalue weighted by Crippen LogP contribution is 2.26. The molecule has 0 bridgehead atoms. The van der Waals surface area contributed by atoms with Crippen molar-refractivity contribution in [3.63, 3.8) is 0 Å². The van der Waals surface area contributed by atoms with Gasteiger partial charge in [-0.15, -0.1) is 6.58 Å². The molecule has 1 atom stereocenters. The van der Waals surface area contributed by atoms with Crippen molar-refractivity contribution in [1.82, 2.24) is 0 Å². The molecule has 0 saturated heterocycles. The Labute approximate surface area is 145 Å². The third-order valence-electron chi connectivity index (χ3n) is 3.81.